The molecule has 72 valence electrons. The van der Waals surface area contributed by atoms with Crippen LogP contribution in [0.25, 0.3) is 0 Å². The van der Waals surface area contributed by atoms with Crippen LogP contribution in [0.1, 0.15) is 24.6 Å². The fraction of sp³-hybridized carbons (Fsp3) is 0.444. The van der Waals surface area contributed by atoms with Gasteiger partial charge in [-0.1, -0.05) is 26.1 Å². The van der Waals surface area contributed by atoms with Crippen molar-refractivity contribution in [3.8, 4) is 0 Å². The van der Waals surface area contributed by atoms with E-state index in [9.17, 15) is 0 Å². The van der Waals surface area contributed by atoms with Gasteiger partial charge in [-0.3, -0.25) is 0 Å². The van der Waals surface area contributed by atoms with Crippen molar-refractivity contribution >= 4 is 44.5 Å². The predicted molar refractivity (Wildman–Crippen MR) is 66.4 cm³/mol. The molecule has 0 aromatic carbocycles. The molecule has 0 aliphatic carbocycles. The number of rotatable bonds is 3. The molecule has 1 heterocycles. The van der Waals surface area contributed by atoms with Gasteiger partial charge in [0.25, 0.3) is 0 Å². The summed E-state index contributed by atoms with van der Waals surface area (Å²) in [6.45, 7) is 4.22. The number of halogens is 1. The molecule has 0 aliphatic heterocycles. The molecular weight excluding hydrogens is 266 g/mol. The van der Waals surface area contributed by atoms with Gasteiger partial charge in [-0.05, 0) is 34.0 Å². The van der Waals surface area contributed by atoms with E-state index >= 15 is 0 Å². The van der Waals surface area contributed by atoms with Crippen LogP contribution in [0.3, 0.4) is 0 Å². The number of thiophene rings is 1. The Hall–Kier alpha value is 0.0700. The first-order valence-corrected chi connectivity index (χ1v) is 6.08. The maximum absolute atomic E-state index is 5.61. The van der Waals surface area contributed by atoms with E-state index in [0.29, 0.717) is 10.9 Å². The Morgan fingerprint density at radius 1 is 1.54 bits per heavy atom. The van der Waals surface area contributed by atoms with Crippen molar-refractivity contribution in [3.63, 3.8) is 0 Å². The minimum Gasteiger partial charge on any atom is -0.393 e. The third kappa shape index (κ3) is 2.76. The van der Waals surface area contributed by atoms with Crippen LogP contribution in [0.2, 0.25) is 0 Å². The summed E-state index contributed by atoms with van der Waals surface area (Å²) >= 11 is 10.2. The first-order chi connectivity index (χ1) is 6.02. The van der Waals surface area contributed by atoms with Crippen LogP contribution in [0.4, 0.5) is 0 Å². The molecular formula is C9H12BrNS2. The van der Waals surface area contributed by atoms with E-state index in [-0.39, 0.29) is 5.92 Å². The molecule has 1 nitrogen and oxygen atoms in total. The largest absolute Gasteiger partial charge is 0.393 e. The van der Waals surface area contributed by atoms with Crippen molar-refractivity contribution in [2.24, 2.45) is 11.7 Å². The highest BCUT2D eigenvalue weighted by atomic mass is 79.9. The predicted octanol–water partition coefficient (Wildman–Crippen LogP) is 3.54. The zero-order valence-electron chi connectivity index (χ0n) is 7.58. The summed E-state index contributed by atoms with van der Waals surface area (Å²) in [6, 6.07) is 4.18. The lowest BCUT2D eigenvalue weighted by Crippen LogP contribution is -2.22. The molecule has 2 N–H and O–H groups in total. The monoisotopic (exact) mass is 277 g/mol. The smallest absolute Gasteiger partial charge is 0.0762 e. The summed E-state index contributed by atoms with van der Waals surface area (Å²) in [5, 5.41) is 0. The molecule has 0 fully saturated rings. The Balaban J connectivity index is 2.78. The van der Waals surface area contributed by atoms with E-state index in [1.807, 2.05) is 0 Å². The van der Waals surface area contributed by atoms with Crippen molar-refractivity contribution in [1.29, 1.82) is 0 Å². The highest BCUT2D eigenvalue weighted by molar-refractivity contribution is 9.11. The third-order valence-electron chi connectivity index (χ3n) is 2.24. The molecule has 0 spiro atoms. The van der Waals surface area contributed by atoms with Gasteiger partial charge in [0.2, 0.25) is 0 Å². The number of hydrogen-bond donors (Lipinski definition) is 1. The van der Waals surface area contributed by atoms with E-state index < -0.39 is 0 Å². The average Bonchev–Trinajstić information content (AvgIpc) is 2.49. The van der Waals surface area contributed by atoms with Crippen molar-refractivity contribution in [2.75, 3.05) is 0 Å². The topological polar surface area (TPSA) is 26.0 Å². The summed E-state index contributed by atoms with van der Waals surface area (Å²) < 4.78 is 1.16. The number of thiocarbonyl (C=S) groups is 1. The van der Waals surface area contributed by atoms with E-state index in [1.54, 1.807) is 11.3 Å². The molecule has 1 rings (SSSR count). The summed E-state index contributed by atoms with van der Waals surface area (Å²) in [7, 11) is 0. The summed E-state index contributed by atoms with van der Waals surface area (Å²) in [5.41, 5.74) is 5.61. The van der Waals surface area contributed by atoms with Crippen LogP contribution in [-0.2, 0) is 0 Å². The molecule has 2 atom stereocenters. The molecule has 0 aliphatic rings. The van der Waals surface area contributed by atoms with Gasteiger partial charge in [0.15, 0.2) is 0 Å². The quantitative estimate of drug-likeness (QED) is 0.856. The summed E-state index contributed by atoms with van der Waals surface area (Å²) in [4.78, 5) is 1.92. The molecule has 4 heteroatoms. The van der Waals surface area contributed by atoms with Gasteiger partial charge in [-0.25, -0.2) is 0 Å². The lowest BCUT2D eigenvalue weighted by Gasteiger charge is -2.16. The molecule has 0 radical (unpaired) electrons. The lowest BCUT2D eigenvalue weighted by atomic mass is 9.95. The van der Waals surface area contributed by atoms with Crippen molar-refractivity contribution < 1.29 is 0 Å². The summed E-state index contributed by atoms with van der Waals surface area (Å²) in [5.74, 6) is 0.675. The van der Waals surface area contributed by atoms with Gasteiger partial charge in [0, 0.05) is 10.8 Å². The maximum Gasteiger partial charge on any atom is 0.0762 e. The molecule has 0 saturated carbocycles. The molecule has 13 heavy (non-hydrogen) atoms. The second-order valence-electron chi connectivity index (χ2n) is 3.12. The zero-order valence-corrected chi connectivity index (χ0v) is 10.8. The lowest BCUT2D eigenvalue weighted by molar-refractivity contribution is 0.637. The fourth-order valence-electron chi connectivity index (χ4n) is 1.07. The van der Waals surface area contributed by atoms with Gasteiger partial charge < -0.3 is 5.73 Å². The van der Waals surface area contributed by atoms with Crippen LogP contribution in [0.15, 0.2) is 15.9 Å². The highest BCUT2D eigenvalue weighted by Gasteiger charge is 2.17. The first kappa shape index (κ1) is 11.1. The molecule has 0 saturated heterocycles. The van der Waals surface area contributed by atoms with Crippen LogP contribution in [-0.4, -0.2) is 4.99 Å². The Kier molecular flexibility index (Phi) is 3.88. The molecule has 1 aromatic rings. The van der Waals surface area contributed by atoms with Crippen molar-refractivity contribution in [3.05, 3.63) is 20.8 Å². The van der Waals surface area contributed by atoms with Gasteiger partial charge in [0.05, 0.1) is 8.77 Å². The zero-order chi connectivity index (χ0) is 10.0. The van der Waals surface area contributed by atoms with Crippen molar-refractivity contribution in [1.82, 2.24) is 0 Å². The molecule has 0 bridgehead atoms. The fourth-order valence-corrected chi connectivity index (χ4v) is 2.85. The normalized spacial score (nSPS) is 15.3. The average molecular weight is 278 g/mol. The van der Waals surface area contributed by atoms with Gasteiger partial charge in [0.1, 0.15) is 0 Å². The SMILES string of the molecule is CC(C(N)=S)C(C)c1ccc(Br)s1. The van der Waals surface area contributed by atoms with Crippen molar-refractivity contribution in [2.45, 2.75) is 19.8 Å². The van der Waals surface area contributed by atoms with E-state index in [2.05, 4.69) is 41.9 Å². The number of hydrogen-bond acceptors (Lipinski definition) is 2. The first-order valence-electron chi connectivity index (χ1n) is 4.07. The Morgan fingerprint density at radius 3 is 2.54 bits per heavy atom. The molecule has 0 amide bonds. The van der Waals surface area contributed by atoms with Crippen LogP contribution < -0.4 is 5.73 Å². The van der Waals surface area contributed by atoms with Gasteiger partial charge in [-0.2, -0.15) is 0 Å². The molecule has 1 aromatic heterocycles. The van der Waals surface area contributed by atoms with Crippen LogP contribution in [0.5, 0.6) is 0 Å². The van der Waals surface area contributed by atoms with E-state index in [1.165, 1.54) is 4.88 Å². The Morgan fingerprint density at radius 2 is 2.15 bits per heavy atom. The van der Waals surface area contributed by atoms with Crippen LogP contribution >= 0.6 is 39.5 Å². The Labute approximate surface area is 96.5 Å². The Bertz CT molecular complexity index is 308. The van der Waals surface area contributed by atoms with Crippen LogP contribution in [0, 0.1) is 5.92 Å². The highest BCUT2D eigenvalue weighted by Crippen LogP contribution is 2.32. The third-order valence-corrected chi connectivity index (χ3v) is 4.44. The van der Waals surface area contributed by atoms with Gasteiger partial charge >= 0.3 is 0 Å². The second-order valence-corrected chi connectivity index (χ2v) is 6.09. The van der Waals surface area contributed by atoms with Gasteiger partial charge in [-0.15, -0.1) is 11.3 Å². The second kappa shape index (κ2) is 4.53. The molecule has 2 unspecified atom stereocenters. The van der Waals surface area contributed by atoms with E-state index in [4.69, 9.17) is 18.0 Å². The van der Waals surface area contributed by atoms with E-state index in [0.717, 1.165) is 3.79 Å². The summed E-state index contributed by atoms with van der Waals surface area (Å²) in [6.07, 6.45) is 0. The minimum atomic E-state index is 0.264. The maximum atomic E-state index is 5.61. The number of nitrogens with two attached hydrogens (primary N) is 1. The minimum absolute atomic E-state index is 0.264. The standard InChI is InChI=1S/C9H12BrNS2/c1-5(6(2)9(11)12)7-3-4-8(10)13-7/h3-6H,1-2H3,(H2,11,12).